The van der Waals surface area contributed by atoms with Crippen LogP contribution in [0.4, 0.5) is 0 Å². The van der Waals surface area contributed by atoms with E-state index in [4.69, 9.17) is 47.4 Å². The highest BCUT2D eigenvalue weighted by atomic mass is 16.7. The summed E-state index contributed by atoms with van der Waals surface area (Å²) in [6, 6.07) is 0. The van der Waals surface area contributed by atoms with Gasteiger partial charge in [-0.15, -0.1) is 0 Å². The van der Waals surface area contributed by atoms with Crippen LogP contribution in [0.3, 0.4) is 0 Å². The minimum Gasteiger partial charge on any atom is -0.462 e. The Morgan fingerprint density at radius 2 is 1.59 bits per heavy atom. The average Bonchev–Trinajstić information content (AvgIpc) is 3.56. The molecule has 14 heteroatoms. The van der Waals surface area contributed by atoms with Crippen molar-refractivity contribution in [2.24, 2.45) is 23.7 Å². The van der Waals surface area contributed by atoms with E-state index in [0.29, 0.717) is 55.6 Å². The van der Waals surface area contributed by atoms with Crippen molar-refractivity contribution in [3.05, 3.63) is 47.1 Å². The molecule has 5 saturated heterocycles. The summed E-state index contributed by atoms with van der Waals surface area (Å²) in [5.41, 5.74) is 0.184. The number of fused-ring (bicyclic) bond motifs is 2. The highest BCUT2D eigenvalue weighted by Crippen LogP contribution is 2.48. The number of ether oxygens (including phenoxy) is 10. The zero-order valence-electron chi connectivity index (χ0n) is 37.8. The van der Waals surface area contributed by atoms with Crippen LogP contribution < -0.4 is 0 Å². The topological polar surface area (TPSA) is 170 Å². The van der Waals surface area contributed by atoms with Crippen LogP contribution in [-0.4, -0.2) is 139 Å². The summed E-state index contributed by atoms with van der Waals surface area (Å²) < 4.78 is 63.7. The molecule has 6 heterocycles. The molecule has 6 aliphatic heterocycles. The second-order valence-corrected chi connectivity index (χ2v) is 19.2. The third-order valence-electron chi connectivity index (χ3n) is 14.4. The van der Waals surface area contributed by atoms with Crippen molar-refractivity contribution in [1.82, 2.24) is 0 Å². The molecule has 0 unspecified atom stereocenters. The molecule has 0 saturated carbocycles. The van der Waals surface area contributed by atoms with Crippen LogP contribution >= 0.6 is 0 Å². The lowest BCUT2D eigenvalue weighted by atomic mass is 9.71. The number of hydrogen-bond donors (Lipinski definition) is 3. The Kier molecular flexibility index (Phi) is 14.8. The van der Waals surface area contributed by atoms with E-state index in [2.05, 4.69) is 40.7 Å². The minimum absolute atomic E-state index is 0.0210. The number of carbonyl (C=O) groups excluding carboxylic acids is 1. The van der Waals surface area contributed by atoms with Gasteiger partial charge in [0.05, 0.1) is 49.3 Å². The van der Waals surface area contributed by atoms with Crippen molar-refractivity contribution in [1.29, 1.82) is 0 Å². The molecule has 19 atom stereocenters. The Bertz CT molecular complexity index is 1660. The van der Waals surface area contributed by atoms with Gasteiger partial charge in [0, 0.05) is 52.2 Å². The molecule has 7 rings (SSSR count). The molecule has 7 aliphatic rings. The predicted molar refractivity (Wildman–Crippen MR) is 223 cm³/mol. The minimum atomic E-state index is -1.82. The number of esters is 1. The van der Waals surface area contributed by atoms with Crippen molar-refractivity contribution >= 4 is 5.97 Å². The summed E-state index contributed by atoms with van der Waals surface area (Å²) >= 11 is 0. The Labute approximate surface area is 361 Å². The van der Waals surface area contributed by atoms with Crippen molar-refractivity contribution in [3.8, 4) is 0 Å². The van der Waals surface area contributed by atoms with Crippen molar-refractivity contribution in [2.45, 2.75) is 198 Å². The molecular formula is C47H72O14. The van der Waals surface area contributed by atoms with Crippen LogP contribution in [0.2, 0.25) is 0 Å². The highest BCUT2D eigenvalue weighted by molar-refractivity contribution is 5.78. The third-order valence-corrected chi connectivity index (χ3v) is 14.4. The molecule has 14 nitrogen and oxygen atoms in total. The van der Waals surface area contributed by atoms with Gasteiger partial charge in [-0.2, -0.15) is 0 Å². The maximum atomic E-state index is 14.3. The average molecular weight is 861 g/mol. The first kappa shape index (κ1) is 46.9. The lowest BCUT2D eigenvalue weighted by molar-refractivity contribution is -0.340. The van der Waals surface area contributed by atoms with Crippen LogP contribution in [0.15, 0.2) is 47.1 Å². The molecule has 0 aromatic carbocycles. The lowest BCUT2D eigenvalue weighted by Gasteiger charge is -2.50. The maximum Gasteiger partial charge on any atom is 0.316 e. The molecular weight excluding hydrogens is 789 g/mol. The number of carbonyl (C=O) groups is 1. The van der Waals surface area contributed by atoms with E-state index >= 15 is 0 Å². The number of methoxy groups -OCH3 is 2. The van der Waals surface area contributed by atoms with Gasteiger partial charge in [-0.3, -0.25) is 4.79 Å². The first-order chi connectivity index (χ1) is 29.0. The molecule has 1 spiro atoms. The van der Waals surface area contributed by atoms with Gasteiger partial charge in [-0.05, 0) is 69.1 Å². The Morgan fingerprint density at radius 3 is 2.31 bits per heavy atom. The zero-order valence-corrected chi connectivity index (χ0v) is 37.8. The molecule has 0 aromatic rings. The Balaban J connectivity index is 1.17. The van der Waals surface area contributed by atoms with Crippen LogP contribution in [-0.2, 0) is 52.2 Å². The first-order valence-corrected chi connectivity index (χ1v) is 22.6. The monoisotopic (exact) mass is 860 g/mol. The van der Waals surface area contributed by atoms with Crippen LogP contribution in [0.5, 0.6) is 0 Å². The molecule has 0 radical (unpaired) electrons. The van der Waals surface area contributed by atoms with Gasteiger partial charge < -0.3 is 62.7 Å². The summed E-state index contributed by atoms with van der Waals surface area (Å²) in [4.78, 5) is 14.3. The van der Waals surface area contributed by atoms with Crippen LogP contribution in [0.1, 0.15) is 100 Å². The molecule has 344 valence electrons. The maximum absolute atomic E-state index is 14.3. The molecule has 61 heavy (non-hydrogen) atoms. The molecule has 3 N–H and O–H groups in total. The quantitative estimate of drug-likeness (QED) is 0.225. The summed E-state index contributed by atoms with van der Waals surface area (Å²) in [6.07, 6.45) is 5.52. The van der Waals surface area contributed by atoms with Crippen LogP contribution in [0, 0.1) is 23.7 Å². The number of rotatable bonds is 7. The molecule has 0 amide bonds. The van der Waals surface area contributed by atoms with Gasteiger partial charge in [-0.1, -0.05) is 58.1 Å². The van der Waals surface area contributed by atoms with E-state index in [9.17, 15) is 20.1 Å². The van der Waals surface area contributed by atoms with Crippen molar-refractivity contribution < 1.29 is 67.5 Å². The fourth-order valence-corrected chi connectivity index (χ4v) is 10.8. The third kappa shape index (κ3) is 9.67. The predicted octanol–water partition coefficient (Wildman–Crippen LogP) is 5.21. The van der Waals surface area contributed by atoms with Gasteiger partial charge >= 0.3 is 5.97 Å². The SMILES string of the molecule is CO[C@H]1C[C@H](O[C@H]2[C@H](C)O[C@@H](O[C@@H]3/C(C)=C\C[C@@H]4C[C@@H](C[C@]5(CC[C@H](C)[C@@H](C(C)C)O5)O4)OC(=O)[C@@H]4C=C(C)[C@@H](O)[C@H]5OC/C(=C/C=C\[C@@H]3C)[C@]54O)C[C@@H]2OC)O[C@@H](C)[C@@H]1O. The van der Waals surface area contributed by atoms with Gasteiger partial charge in [0.1, 0.15) is 42.0 Å². The molecule has 5 fully saturated rings. The molecule has 1 aliphatic carbocycles. The summed E-state index contributed by atoms with van der Waals surface area (Å²) in [5, 5.41) is 34.2. The van der Waals surface area contributed by atoms with Gasteiger partial charge in [0.25, 0.3) is 0 Å². The molecule has 2 bridgehead atoms. The van der Waals surface area contributed by atoms with Gasteiger partial charge in [-0.25, -0.2) is 0 Å². The van der Waals surface area contributed by atoms with Gasteiger partial charge in [0.2, 0.25) is 0 Å². The van der Waals surface area contributed by atoms with E-state index < -0.39 is 90.8 Å². The highest BCUT2D eigenvalue weighted by Gasteiger charge is 2.60. The fraction of sp³-hybridized carbons (Fsp3) is 0.809. The largest absolute Gasteiger partial charge is 0.462 e. The summed E-state index contributed by atoms with van der Waals surface area (Å²) in [7, 11) is 3.22. The number of aliphatic hydroxyl groups is 3. The standard InChI is InChI=1S/C47H72O14/c1-24(2)41-27(5)16-17-46(61-41)22-33-19-32(60-46)15-14-26(4)42(25(3)12-11-13-31-23-54-44-39(48)28(6)18-34(45(50)57-33)47(31,44)51)58-38-21-36(53-10)43(30(8)56-38)59-37-20-35(52-9)40(49)29(7)55-37/h11-14,18,24-25,27,29-30,32-44,48-49,51H,15-17,19-23H2,1-10H3/b12-11-,26-14-,31-13-/t25-,27-,29-,30-,32+,33-,34-,35-,36-,37-,38-,39+,40-,41+,42-,43-,44+,46+,47+/m0/s1. The summed E-state index contributed by atoms with van der Waals surface area (Å²) in [6.45, 7) is 16.2. The van der Waals surface area contributed by atoms with Crippen LogP contribution in [0.25, 0.3) is 0 Å². The zero-order chi connectivity index (χ0) is 44.0. The Morgan fingerprint density at radius 1 is 0.885 bits per heavy atom. The number of aliphatic hydroxyl groups excluding tert-OH is 2. The van der Waals surface area contributed by atoms with E-state index in [0.717, 1.165) is 12.0 Å². The van der Waals surface area contributed by atoms with E-state index in [1.807, 2.05) is 19.1 Å². The van der Waals surface area contributed by atoms with Crippen molar-refractivity contribution in [2.75, 3.05) is 20.8 Å². The summed E-state index contributed by atoms with van der Waals surface area (Å²) in [5.74, 6) is -2.15. The first-order valence-electron chi connectivity index (χ1n) is 22.6. The van der Waals surface area contributed by atoms with Gasteiger partial charge in [0.15, 0.2) is 18.4 Å². The van der Waals surface area contributed by atoms with E-state index in [1.165, 1.54) is 0 Å². The lowest BCUT2D eigenvalue weighted by Crippen LogP contribution is -2.58. The van der Waals surface area contributed by atoms with E-state index in [-0.39, 0.29) is 36.8 Å². The smallest absolute Gasteiger partial charge is 0.316 e. The second kappa shape index (κ2) is 19.2. The fourth-order valence-electron chi connectivity index (χ4n) is 10.8. The normalized spacial score (nSPS) is 49.6. The van der Waals surface area contributed by atoms with Crippen molar-refractivity contribution in [3.63, 3.8) is 0 Å². The number of hydrogen-bond acceptors (Lipinski definition) is 14. The van der Waals surface area contributed by atoms with E-state index in [1.54, 1.807) is 40.2 Å². The second-order valence-electron chi connectivity index (χ2n) is 19.2. The number of allylic oxidation sites excluding steroid dienone is 2. The Hall–Kier alpha value is -2.05. The molecule has 0 aromatic heterocycles.